The highest BCUT2D eigenvalue weighted by molar-refractivity contribution is 7.80. The zero-order chi connectivity index (χ0) is 8.72. The van der Waals surface area contributed by atoms with E-state index in [4.69, 9.17) is 12.2 Å². The second-order valence-electron chi connectivity index (χ2n) is 2.28. The molecule has 2 aromatic heterocycles. The monoisotopic (exact) mass is 215 g/mol. The predicted molar refractivity (Wildman–Crippen MR) is 54.9 cm³/mol. The van der Waals surface area contributed by atoms with Gasteiger partial charge in [0.25, 0.3) is 0 Å². The molecule has 0 amide bonds. The molecular weight excluding hydrogens is 210 g/mol. The average molecular weight is 215 g/mol. The number of fused-ring (bicyclic) bond motifs is 1. The smallest absolute Gasteiger partial charge is 0.166 e. The largest absolute Gasteiger partial charge is 0.281 e. The molecule has 0 spiro atoms. The third-order valence-corrected chi connectivity index (χ3v) is 2.32. The maximum atomic E-state index is 4.97. The van der Waals surface area contributed by atoms with Crippen LogP contribution in [0.2, 0.25) is 0 Å². The minimum absolute atomic E-state index is 0.612. The quantitative estimate of drug-likeness (QED) is 0.464. The van der Waals surface area contributed by atoms with Gasteiger partial charge in [-0.1, -0.05) is 12.2 Å². The lowest BCUT2D eigenvalue weighted by molar-refractivity contribution is 0.837. The molecule has 0 aromatic carbocycles. The zero-order valence-electron chi connectivity index (χ0n) is 5.85. The van der Waals surface area contributed by atoms with Crippen LogP contribution in [0.25, 0.3) is 5.65 Å². The Balaban J connectivity index is 3.02. The fraction of sp³-hybridized carbons (Fsp3) is 0. The molecule has 0 radical (unpaired) electrons. The standard InChI is InChI=1S/C6H5N3S3/c10-3-1-4(11)8-9-5(12)2-7-6(3)9/h1-2,10,12H,(H,8,11). The van der Waals surface area contributed by atoms with E-state index < -0.39 is 0 Å². The van der Waals surface area contributed by atoms with Crippen LogP contribution >= 0.6 is 37.5 Å². The van der Waals surface area contributed by atoms with Crippen LogP contribution in [-0.4, -0.2) is 14.6 Å². The summed E-state index contributed by atoms with van der Waals surface area (Å²) in [6.45, 7) is 0. The molecule has 0 aliphatic carbocycles. The Hall–Kier alpha value is -0.460. The summed E-state index contributed by atoms with van der Waals surface area (Å²) in [4.78, 5) is 4.84. The molecule has 62 valence electrons. The van der Waals surface area contributed by atoms with Crippen molar-refractivity contribution >= 4 is 43.1 Å². The van der Waals surface area contributed by atoms with E-state index in [2.05, 4.69) is 35.3 Å². The van der Waals surface area contributed by atoms with Gasteiger partial charge in [0, 0.05) is 0 Å². The number of aromatic amines is 1. The van der Waals surface area contributed by atoms with Gasteiger partial charge >= 0.3 is 0 Å². The Morgan fingerprint density at radius 1 is 1.50 bits per heavy atom. The van der Waals surface area contributed by atoms with Crippen LogP contribution in [0.4, 0.5) is 0 Å². The predicted octanol–water partition coefficient (Wildman–Crippen LogP) is 1.97. The van der Waals surface area contributed by atoms with E-state index >= 15 is 0 Å². The molecule has 2 rings (SSSR count). The molecule has 0 saturated carbocycles. The fourth-order valence-corrected chi connectivity index (χ4v) is 1.75. The Kier molecular flexibility index (Phi) is 1.90. The summed E-state index contributed by atoms with van der Waals surface area (Å²) in [6.07, 6.45) is 1.64. The van der Waals surface area contributed by atoms with E-state index in [1.807, 2.05) is 0 Å². The first kappa shape index (κ1) is 8.15. The molecule has 0 unspecified atom stereocenters. The molecule has 0 fully saturated rings. The molecular formula is C6H5N3S3. The summed E-state index contributed by atoms with van der Waals surface area (Å²) in [6, 6.07) is 1.74. The second kappa shape index (κ2) is 2.79. The summed E-state index contributed by atoms with van der Waals surface area (Å²) in [5.41, 5.74) is 0.733. The number of aromatic nitrogens is 3. The summed E-state index contributed by atoms with van der Waals surface area (Å²) in [5.74, 6) is 0. The van der Waals surface area contributed by atoms with E-state index in [0.717, 1.165) is 10.5 Å². The molecule has 0 atom stereocenters. The molecule has 0 aliphatic heterocycles. The van der Waals surface area contributed by atoms with Crippen LogP contribution in [0.5, 0.6) is 0 Å². The Bertz CT molecular complexity index is 484. The molecule has 3 nitrogen and oxygen atoms in total. The van der Waals surface area contributed by atoms with Crippen molar-refractivity contribution in [1.82, 2.24) is 14.6 Å². The van der Waals surface area contributed by atoms with Crippen LogP contribution in [0.1, 0.15) is 0 Å². The Labute approximate surface area is 84.6 Å². The van der Waals surface area contributed by atoms with E-state index in [0.29, 0.717) is 9.67 Å². The first-order valence-electron chi connectivity index (χ1n) is 3.17. The SMILES string of the molecule is S=c1cc(S)c2ncc(S)n2[nH]1. The van der Waals surface area contributed by atoms with Crippen molar-refractivity contribution < 1.29 is 0 Å². The molecule has 6 heteroatoms. The van der Waals surface area contributed by atoms with E-state index in [1.54, 1.807) is 16.8 Å². The van der Waals surface area contributed by atoms with Crippen LogP contribution < -0.4 is 0 Å². The van der Waals surface area contributed by atoms with Crippen molar-refractivity contribution in [1.29, 1.82) is 0 Å². The van der Waals surface area contributed by atoms with Gasteiger partial charge in [0.1, 0.15) is 9.67 Å². The van der Waals surface area contributed by atoms with Gasteiger partial charge in [0.2, 0.25) is 0 Å². The topological polar surface area (TPSA) is 33.1 Å². The molecule has 0 saturated heterocycles. The lowest BCUT2D eigenvalue weighted by atomic mass is 10.5. The van der Waals surface area contributed by atoms with Gasteiger partial charge < -0.3 is 0 Å². The average Bonchev–Trinajstić information content (AvgIpc) is 2.33. The zero-order valence-corrected chi connectivity index (χ0v) is 8.46. The van der Waals surface area contributed by atoms with E-state index in [1.165, 1.54) is 0 Å². The number of H-pyrrole nitrogens is 1. The number of hydrogen-bond acceptors (Lipinski definition) is 4. The number of nitrogens with one attached hydrogen (secondary N) is 1. The maximum absolute atomic E-state index is 4.97. The van der Waals surface area contributed by atoms with Crippen LogP contribution in [0, 0.1) is 4.64 Å². The van der Waals surface area contributed by atoms with E-state index in [-0.39, 0.29) is 0 Å². The van der Waals surface area contributed by atoms with Crippen molar-refractivity contribution in [2.75, 3.05) is 0 Å². The van der Waals surface area contributed by atoms with Crippen LogP contribution in [0.15, 0.2) is 22.2 Å². The maximum Gasteiger partial charge on any atom is 0.166 e. The molecule has 1 N–H and O–H groups in total. The minimum atomic E-state index is 0.612. The van der Waals surface area contributed by atoms with Gasteiger partial charge in [0.05, 0.1) is 11.1 Å². The number of rotatable bonds is 0. The molecule has 12 heavy (non-hydrogen) atoms. The fourth-order valence-electron chi connectivity index (χ4n) is 0.965. The lowest BCUT2D eigenvalue weighted by Crippen LogP contribution is -1.92. The van der Waals surface area contributed by atoms with Gasteiger partial charge in [-0.25, -0.2) is 9.50 Å². The van der Waals surface area contributed by atoms with Crippen LogP contribution in [-0.2, 0) is 0 Å². The number of thiol groups is 2. The van der Waals surface area contributed by atoms with Crippen molar-refractivity contribution in [2.24, 2.45) is 0 Å². The number of nitrogens with zero attached hydrogens (tertiary/aromatic N) is 2. The normalized spacial score (nSPS) is 10.8. The summed E-state index contributed by atoms with van der Waals surface area (Å²) >= 11 is 13.4. The molecule has 2 aromatic rings. The van der Waals surface area contributed by atoms with Crippen molar-refractivity contribution in [3.8, 4) is 0 Å². The van der Waals surface area contributed by atoms with Gasteiger partial charge in [-0.15, -0.1) is 25.3 Å². The third kappa shape index (κ3) is 1.16. The minimum Gasteiger partial charge on any atom is -0.281 e. The Morgan fingerprint density at radius 2 is 2.25 bits per heavy atom. The Morgan fingerprint density at radius 3 is 3.00 bits per heavy atom. The van der Waals surface area contributed by atoms with Crippen molar-refractivity contribution in [2.45, 2.75) is 9.92 Å². The number of hydrogen-bond donors (Lipinski definition) is 3. The van der Waals surface area contributed by atoms with Gasteiger partial charge in [-0.2, -0.15) is 0 Å². The van der Waals surface area contributed by atoms with Gasteiger partial charge in [0.15, 0.2) is 5.65 Å². The summed E-state index contributed by atoms with van der Waals surface area (Å²) in [7, 11) is 0. The summed E-state index contributed by atoms with van der Waals surface area (Å²) < 4.78 is 2.30. The molecule has 0 aliphatic rings. The highest BCUT2D eigenvalue weighted by Gasteiger charge is 2.02. The third-order valence-electron chi connectivity index (χ3n) is 1.46. The second-order valence-corrected chi connectivity index (χ2v) is 3.66. The lowest BCUT2D eigenvalue weighted by Gasteiger charge is -1.97. The first-order valence-corrected chi connectivity index (χ1v) is 4.47. The van der Waals surface area contributed by atoms with Gasteiger partial charge in [-0.05, 0) is 6.07 Å². The van der Waals surface area contributed by atoms with Crippen LogP contribution in [0.3, 0.4) is 0 Å². The van der Waals surface area contributed by atoms with Crippen molar-refractivity contribution in [3.05, 3.63) is 16.9 Å². The highest BCUT2D eigenvalue weighted by Crippen LogP contribution is 2.15. The first-order chi connectivity index (χ1) is 5.68. The number of imidazole rings is 1. The van der Waals surface area contributed by atoms with Gasteiger partial charge in [-0.3, -0.25) is 5.10 Å². The van der Waals surface area contributed by atoms with E-state index in [9.17, 15) is 0 Å². The summed E-state index contributed by atoms with van der Waals surface area (Å²) in [5, 5.41) is 3.64. The van der Waals surface area contributed by atoms with Crippen molar-refractivity contribution in [3.63, 3.8) is 0 Å². The highest BCUT2D eigenvalue weighted by atomic mass is 32.1. The molecule has 0 bridgehead atoms. The molecule has 2 heterocycles.